The SMILES string of the molecule is C=CCCC(CSC(C)CC)NN. The molecule has 0 aromatic rings. The fourth-order valence-corrected chi connectivity index (χ4v) is 1.99. The second-order valence-electron chi connectivity index (χ2n) is 3.28. The van der Waals surface area contributed by atoms with Gasteiger partial charge < -0.3 is 0 Å². The van der Waals surface area contributed by atoms with Crippen LogP contribution in [0.4, 0.5) is 0 Å². The molecule has 2 unspecified atom stereocenters. The number of rotatable bonds is 8. The number of nitrogens with one attached hydrogen (secondary N) is 1. The van der Waals surface area contributed by atoms with Crippen LogP contribution < -0.4 is 11.3 Å². The molecule has 2 atom stereocenters. The molecule has 3 heteroatoms. The molecule has 0 saturated heterocycles. The molecule has 0 aliphatic heterocycles. The van der Waals surface area contributed by atoms with Crippen LogP contribution in [0.25, 0.3) is 0 Å². The normalized spacial score (nSPS) is 15.3. The van der Waals surface area contributed by atoms with Crippen molar-refractivity contribution >= 4 is 11.8 Å². The lowest BCUT2D eigenvalue weighted by Gasteiger charge is -2.16. The topological polar surface area (TPSA) is 38.0 Å². The van der Waals surface area contributed by atoms with Crippen LogP contribution in [0.3, 0.4) is 0 Å². The average molecular weight is 202 g/mol. The minimum atomic E-state index is 0.428. The van der Waals surface area contributed by atoms with Crippen molar-refractivity contribution in [2.24, 2.45) is 5.84 Å². The molecule has 0 heterocycles. The molecule has 0 amide bonds. The second kappa shape index (κ2) is 8.60. The molecular formula is C10H22N2S. The van der Waals surface area contributed by atoms with E-state index in [1.807, 2.05) is 17.8 Å². The van der Waals surface area contributed by atoms with E-state index >= 15 is 0 Å². The number of allylic oxidation sites excluding steroid dienone is 1. The number of hydrogen-bond acceptors (Lipinski definition) is 3. The van der Waals surface area contributed by atoms with Gasteiger partial charge in [-0.15, -0.1) is 6.58 Å². The van der Waals surface area contributed by atoms with Crippen LogP contribution in [0.1, 0.15) is 33.1 Å². The smallest absolute Gasteiger partial charge is 0.0304 e. The van der Waals surface area contributed by atoms with Crippen molar-refractivity contribution in [1.82, 2.24) is 5.43 Å². The summed E-state index contributed by atoms with van der Waals surface area (Å²) >= 11 is 1.98. The Balaban J connectivity index is 3.52. The molecule has 0 bridgehead atoms. The van der Waals surface area contributed by atoms with Gasteiger partial charge in [0.2, 0.25) is 0 Å². The monoisotopic (exact) mass is 202 g/mol. The molecule has 0 fully saturated rings. The van der Waals surface area contributed by atoms with E-state index in [1.54, 1.807) is 0 Å². The zero-order valence-electron chi connectivity index (χ0n) is 8.75. The van der Waals surface area contributed by atoms with E-state index in [4.69, 9.17) is 5.84 Å². The Hall–Kier alpha value is 0.01000. The first-order chi connectivity index (χ1) is 6.24. The molecule has 0 aliphatic carbocycles. The molecule has 0 aromatic heterocycles. The fourth-order valence-electron chi connectivity index (χ4n) is 0.932. The first-order valence-electron chi connectivity index (χ1n) is 4.93. The highest BCUT2D eigenvalue weighted by Gasteiger charge is 2.07. The summed E-state index contributed by atoms with van der Waals surface area (Å²) in [4.78, 5) is 0. The Kier molecular flexibility index (Phi) is 8.61. The standard InChI is InChI=1S/C10H22N2S/c1-4-6-7-10(12-11)8-13-9(3)5-2/h4,9-10,12H,1,5-8,11H2,2-3H3. The quantitative estimate of drug-likeness (QED) is 0.360. The minimum absolute atomic E-state index is 0.428. The summed E-state index contributed by atoms with van der Waals surface area (Å²) in [5, 5.41) is 0.736. The summed E-state index contributed by atoms with van der Waals surface area (Å²) in [6.45, 7) is 8.17. The maximum Gasteiger partial charge on any atom is 0.0304 e. The van der Waals surface area contributed by atoms with E-state index in [1.165, 1.54) is 6.42 Å². The van der Waals surface area contributed by atoms with Crippen LogP contribution in [0.15, 0.2) is 12.7 Å². The van der Waals surface area contributed by atoms with Gasteiger partial charge in [0.15, 0.2) is 0 Å². The molecular weight excluding hydrogens is 180 g/mol. The van der Waals surface area contributed by atoms with Gasteiger partial charge in [0.25, 0.3) is 0 Å². The Morgan fingerprint density at radius 2 is 2.31 bits per heavy atom. The van der Waals surface area contributed by atoms with Gasteiger partial charge in [0.1, 0.15) is 0 Å². The van der Waals surface area contributed by atoms with Crippen LogP contribution in [-0.2, 0) is 0 Å². The zero-order chi connectivity index (χ0) is 10.1. The molecule has 0 spiro atoms. The Labute approximate surface area is 86.3 Å². The fraction of sp³-hybridized carbons (Fsp3) is 0.800. The summed E-state index contributed by atoms with van der Waals surface area (Å²) < 4.78 is 0. The predicted octanol–water partition coefficient (Wildman–Crippen LogP) is 2.32. The van der Waals surface area contributed by atoms with Crippen LogP contribution in [-0.4, -0.2) is 17.0 Å². The molecule has 0 aliphatic rings. The maximum atomic E-state index is 5.44. The van der Waals surface area contributed by atoms with Crippen LogP contribution >= 0.6 is 11.8 Å². The number of hydrogen-bond donors (Lipinski definition) is 2. The third-order valence-electron chi connectivity index (χ3n) is 2.11. The Bertz CT molecular complexity index is 128. The van der Waals surface area contributed by atoms with E-state index in [0.29, 0.717) is 6.04 Å². The minimum Gasteiger partial charge on any atom is -0.271 e. The molecule has 2 nitrogen and oxygen atoms in total. The maximum absolute atomic E-state index is 5.44. The molecule has 0 radical (unpaired) electrons. The number of nitrogens with two attached hydrogens (primary N) is 1. The lowest BCUT2D eigenvalue weighted by atomic mass is 10.2. The second-order valence-corrected chi connectivity index (χ2v) is 4.75. The summed E-state index contributed by atoms with van der Waals surface area (Å²) in [5.41, 5.74) is 2.85. The van der Waals surface area contributed by atoms with E-state index in [0.717, 1.165) is 23.8 Å². The van der Waals surface area contributed by atoms with Gasteiger partial charge in [0.05, 0.1) is 0 Å². The highest BCUT2D eigenvalue weighted by Crippen LogP contribution is 2.15. The Morgan fingerprint density at radius 3 is 2.77 bits per heavy atom. The lowest BCUT2D eigenvalue weighted by molar-refractivity contribution is 0.543. The highest BCUT2D eigenvalue weighted by molar-refractivity contribution is 7.99. The van der Waals surface area contributed by atoms with Gasteiger partial charge in [-0.05, 0) is 19.3 Å². The van der Waals surface area contributed by atoms with Gasteiger partial charge in [-0.2, -0.15) is 11.8 Å². The largest absolute Gasteiger partial charge is 0.271 e. The zero-order valence-corrected chi connectivity index (χ0v) is 9.57. The van der Waals surface area contributed by atoms with E-state index in [9.17, 15) is 0 Å². The van der Waals surface area contributed by atoms with Gasteiger partial charge in [0, 0.05) is 17.0 Å². The van der Waals surface area contributed by atoms with Crippen molar-refractivity contribution in [3.63, 3.8) is 0 Å². The first-order valence-corrected chi connectivity index (χ1v) is 5.98. The van der Waals surface area contributed by atoms with Gasteiger partial charge in [-0.1, -0.05) is 19.9 Å². The number of hydrazine groups is 1. The third-order valence-corrected chi connectivity index (χ3v) is 3.61. The molecule has 13 heavy (non-hydrogen) atoms. The summed E-state index contributed by atoms with van der Waals surface area (Å²) in [7, 11) is 0. The van der Waals surface area contributed by atoms with Crippen molar-refractivity contribution in [2.75, 3.05) is 5.75 Å². The van der Waals surface area contributed by atoms with Crippen LogP contribution in [0.5, 0.6) is 0 Å². The van der Waals surface area contributed by atoms with Crippen LogP contribution in [0.2, 0.25) is 0 Å². The molecule has 3 N–H and O–H groups in total. The first kappa shape index (κ1) is 13.0. The average Bonchev–Trinajstić information content (AvgIpc) is 2.17. The van der Waals surface area contributed by atoms with Gasteiger partial charge >= 0.3 is 0 Å². The molecule has 0 rings (SSSR count). The van der Waals surface area contributed by atoms with Gasteiger partial charge in [-0.3, -0.25) is 11.3 Å². The Morgan fingerprint density at radius 1 is 1.62 bits per heavy atom. The predicted molar refractivity (Wildman–Crippen MR) is 62.8 cm³/mol. The molecule has 0 aromatic carbocycles. The van der Waals surface area contributed by atoms with Crippen LogP contribution in [0, 0.1) is 0 Å². The number of thioether (sulfide) groups is 1. The summed E-state index contributed by atoms with van der Waals surface area (Å²) in [5.74, 6) is 6.54. The van der Waals surface area contributed by atoms with E-state index < -0.39 is 0 Å². The molecule has 0 saturated carbocycles. The lowest BCUT2D eigenvalue weighted by Crippen LogP contribution is -2.37. The van der Waals surface area contributed by atoms with Crippen molar-refractivity contribution in [1.29, 1.82) is 0 Å². The third kappa shape index (κ3) is 7.11. The highest BCUT2D eigenvalue weighted by atomic mass is 32.2. The summed E-state index contributed by atoms with van der Waals surface area (Å²) in [6, 6.07) is 0.428. The summed E-state index contributed by atoms with van der Waals surface area (Å²) in [6.07, 6.45) is 5.29. The van der Waals surface area contributed by atoms with Crippen molar-refractivity contribution in [2.45, 2.75) is 44.4 Å². The van der Waals surface area contributed by atoms with Crippen molar-refractivity contribution in [3.8, 4) is 0 Å². The van der Waals surface area contributed by atoms with Crippen molar-refractivity contribution in [3.05, 3.63) is 12.7 Å². The van der Waals surface area contributed by atoms with Gasteiger partial charge in [-0.25, -0.2) is 0 Å². The van der Waals surface area contributed by atoms with Crippen molar-refractivity contribution < 1.29 is 0 Å². The van der Waals surface area contributed by atoms with E-state index in [2.05, 4.69) is 25.9 Å². The van der Waals surface area contributed by atoms with E-state index in [-0.39, 0.29) is 0 Å². The molecule has 78 valence electrons.